The summed E-state index contributed by atoms with van der Waals surface area (Å²) in [7, 11) is 0. The van der Waals surface area contributed by atoms with Crippen molar-refractivity contribution in [3.63, 3.8) is 0 Å². The Hall–Kier alpha value is -1.03. The average Bonchev–Trinajstić information content (AvgIpc) is 2.07. The lowest BCUT2D eigenvalue weighted by molar-refractivity contribution is 0.442. The number of hydrogen-bond acceptors (Lipinski definition) is 4. The van der Waals surface area contributed by atoms with Crippen LogP contribution in [0.25, 0.3) is 0 Å². The number of nitrogen functional groups attached to an aromatic ring is 1. The number of anilines is 2. The van der Waals surface area contributed by atoms with Gasteiger partial charge < -0.3 is 11.1 Å². The lowest BCUT2D eigenvalue weighted by Crippen LogP contribution is -2.20. The molecule has 1 aromatic heterocycles. The molecule has 0 saturated carbocycles. The molecular weight excluding hydrogens is 212 g/mol. The van der Waals surface area contributed by atoms with Crippen LogP contribution >= 0.6 is 11.6 Å². The molecule has 4 nitrogen and oxygen atoms in total. The molecule has 0 aliphatic rings. The monoisotopic (exact) mass is 228 g/mol. The first kappa shape index (κ1) is 12.0. The molecule has 15 heavy (non-hydrogen) atoms. The Balaban J connectivity index is 2.86. The van der Waals surface area contributed by atoms with Crippen LogP contribution in [0.1, 0.15) is 26.5 Å². The Labute approximate surface area is 95.3 Å². The summed E-state index contributed by atoms with van der Waals surface area (Å²) in [6.07, 6.45) is 0. The van der Waals surface area contributed by atoms with Crippen LogP contribution in [0.15, 0.2) is 0 Å². The van der Waals surface area contributed by atoms with Crippen molar-refractivity contribution in [3.8, 4) is 0 Å². The minimum absolute atomic E-state index is 0.164. The number of nitrogens with two attached hydrogens (primary N) is 1. The van der Waals surface area contributed by atoms with E-state index in [1.165, 1.54) is 0 Å². The third-order valence-corrected chi connectivity index (χ3v) is 2.06. The Morgan fingerprint density at radius 1 is 1.33 bits per heavy atom. The molecule has 1 aromatic rings. The zero-order valence-corrected chi connectivity index (χ0v) is 10.3. The second-order valence-corrected chi connectivity index (χ2v) is 5.09. The van der Waals surface area contributed by atoms with E-state index in [0.717, 1.165) is 6.54 Å². The molecule has 1 rings (SSSR count). The fourth-order valence-corrected chi connectivity index (χ4v) is 1.24. The number of rotatable bonds is 2. The van der Waals surface area contributed by atoms with Gasteiger partial charge in [-0.2, -0.15) is 4.98 Å². The first-order valence-electron chi connectivity index (χ1n) is 4.83. The molecule has 0 amide bonds. The lowest BCUT2D eigenvalue weighted by Gasteiger charge is -2.20. The van der Waals surface area contributed by atoms with E-state index in [1.807, 2.05) is 6.92 Å². The fraction of sp³-hybridized carbons (Fsp3) is 0.600. The predicted molar refractivity (Wildman–Crippen MR) is 64.1 cm³/mol. The third-order valence-electron chi connectivity index (χ3n) is 1.90. The molecule has 0 aromatic carbocycles. The summed E-state index contributed by atoms with van der Waals surface area (Å²) < 4.78 is 0. The summed E-state index contributed by atoms with van der Waals surface area (Å²) in [5.41, 5.74) is 7.26. The molecule has 0 bridgehead atoms. The minimum Gasteiger partial charge on any atom is -0.394 e. The zero-order valence-electron chi connectivity index (χ0n) is 9.56. The van der Waals surface area contributed by atoms with Crippen LogP contribution in [0.2, 0.25) is 5.28 Å². The van der Waals surface area contributed by atoms with Crippen LogP contribution in [0.3, 0.4) is 0 Å². The van der Waals surface area contributed by atoms with E-state index in [-0.39, 0.29) is 10.7 Å². The molecule has 3 N–H and O–H groups in total. The number of aromatic nitrogens is 2. The summed E-state index contributed by atoms with van der Waals surface area (Å²) in [6, 6.07) is 0. The van der Waals surface area contributed by atoms with Gasteiger partial charge in [-0.1, -0.05) is 20.8 Å². The molecule has 0 aliphatic carbocycles. The summed E-state index contributed by atoms with van der Waals surface area (Å²) in [5.74, 6) is 0.613. The minimum atomic E-state index is 0.164. The predicted octanol–water partition coefficient (Wildman–Crippen LogP) is 2.48. The first-order valence-corrected chi connectivity index (χ1v) is 5.21. The van der Waals surface area contributed by atoms with E-state index in [0.29, 0.717) is 17.2 Å². The van der Waals surface area contributed by atoms with Crippen molar-refractivity contribution >= 4 is 23.1 Å². The molecule has 0 saturated heterocycles. The van der Waals surface area contributed by atoms with Gasteiger partial charge in [0.2, 0.25) is 5.28 Å². The van der Waals surface area contributed by atoms with Crippen LogP contribution in [-0.4, -0.2) is 16.5 Å². The quantitative estimate of drug-likeness (QED) is 0.764. The van der Waals surface area contributed by atoms with Crippen molar-refractivity contribution in [2.24, 2.45) is 5.41 Å². The molecule has 0 spiro atoms. The number of hydrogen-bond donors (Lipinski definition) is 2. The first-order chi connectivity index (χ1) is 6.79. The molecule has 1 heterocycles. The van der Waals surface area contributed by atoms with Crippen molar-refractivity contribution in [1.29, 1.82) is 0 Å². The molecule has 0 atom stereocenters. The summed E-state index contributed by atoms with van der Waals surface area (Å²) >= 11 is 5.75. The molecule has 84 valence electrons. The number of nitrogens with zero attached hydrogens (tertiary/aromatic N) is 2. The molecule has 0 fully saturated rings. The van der Waals surface area contributed by atoms with Gasteiger partial charge in [-0.3, -0.25) is 0 Å². The van der Waals surface area contributed by atoms with Crippen molar-refractivity contribution in [2.75, 3.05) is 17.6 Å². The average molecular weight is 229 g/mol. The normalized spacial score (nSPS) is 11.5. The topological polar surface area (TPSA) is 63.8 Å². The maximum atomic E-state index is 5.83. The molecular formula is C10H17ClN4. The van der Waals surface area contributed by atoms with Gasteiger partial charge >= 0.3 is 0 Å². The molecule has 0 aliphatic heterocycles. The Morgan fingerprint density at radius 3 is 2.47 bits per heavy atom. The highest BCUT2D eigenvalue weighted by molar-refractivity contribution is 6.28. The van der Waals surface area contributed by atoms with Gasteiger partial charge in [0.1, 0.15) is 0 Å². The Bertz CT molecular complexity index is 357. The van der Waals surface area contributed by atoms with E-state index < -0.39 is 0 Å². The van der Waals surface area contributed by atoms with Crippen molar-refractivity contribution < 1.29 is 0 Å². The van der Waals surface area contributed by atoms with Crippen LogP contribution < -0.4 is 11.1 Å². The SMILES string of the molecule is Cc1nc(Cl)nc(NCC(C)(C)C)c1N. The van der Waals surface area contributed by atoms with E-state index in [4.69, 9.17) is 17.3 Å². The molecule has 0 radical (unpaired) electrons. The van der Waals surface area contributed by atoms with Crippen molar-refractivity contribution in [2.45, 2.75) is 27.7 Å². The summed E-state index contributed by atoms with van der Waals surface area (Å²) in [4.78, 5) is 8.02. The van der Waals surface area contributed by atoms with Gasteiger partial charge in [0.25, 0.3) is 0 Å². The third kappa shape index (κ3) is 3.55. The van der Waals surface area contributed by atoms with Gasteiger partial charge in [0.05, 0.1) is 11.4 Å². The van der Waals surface area contributed by atoms with E-state index >= 15 is 0 Å². The summed E-state index contributed by atoms with van der Waals surface area (Å²) in [5, 5.41) is 3.39. The maximum absolute atomic E-state index is 5.83. The highest BCUT2D eigenvalue weighted by Crippen LogP contribution is 2.22. The highest BCUT2D eigenvalue weighted by Gasteiger charge is 2.13. The van der Waals surface area contributed by atoms with Crippen molar-refractivity contribution in [1.82, 2.24) is 9.97 Å². The number of aryl methyl sites for hydroxylation is 1. The molecule has 5 heteroatoms. The van der Waals surface area contributed by atoms with Crippen LogP contribution in [0.4, 0.5) is 11.5 Å². The number of nitrogens with one attached hydrogen (secondary N) is 1. The van der Waals surface area contributed by atoms with Gasteiger partial charge in [0, 0.05) is 6.54 Å². The van der Waals surface area contributed by atoms with Gasteiger partial charge in [-0.05, 0) is 23.9 Å². The highest BCUT2D eigenvalue weighted by atomic mass is 35.5. The largest absolute Gasteiger partial charge is 0.394 e. The van der Waals surface area contributed by atoms with E-state index in [1.54, 1.807) is 0 Å². The van der Waals surface area contributed by atoms with E-state index in [2.05, 4.69) is 36.1 Å². The van der Waals surface area contributed by atoms with Crippen LogP contribution in [0, 0.1) is 12.3 Å². The number of halogens is 1. The second-order valence-electron chi connectivity index (χ2n) is 4.75. The Morgan fingerprint density at radius 2 is 1.93 bits per heavy atom. The smallest absolute Gasteiger partial charge is 0.224 e. The lowest BCUT2D eigenvalue weighted by atomic mass is 9.97. The second kappa shape index (κ2) is 4.23. The van der Waals surface area contributed by atoms with Crippen LogP contribution in [-0.2, 0) is 0 Å². The zero-order chi connectivity index (χ0) is 11.6. The van der Waals surface area contributed by atoms with E-state index in [9.17, 15) is 0 Å². The van der Waals surface area contributed by atoms with Gasteiger partial charge in [-0.25, -0.2) is 4.98 Å². The Kier molecular flexibility index (Phi) is 3.39. The fourth-order valence-electron chi connectivity index (χ4n) is 1.03. The van der Waals surface area contributed by atoms with Crippen molar-refractivity contribution in [3.05, 3.63) is 11.0 Å². The summed E-state index contributed by atoms with van der Waals surface area (Å²) in [6.45, 7) is 8.98. The maximum Gasteiger partial charge on any atom is 0.224 e. The van der Waals surface area contributed by atoms with Crippen LogP contribution in [0.5, 0.6) is 0 Å². The standard InChI is InChI=1S/C10H17ClN4/c1-6-7(12)8(15-9(11)14-6)13-5-10(2,3)4/h5,12H2,1-4H3,(H,13,14,15). The van der Waals surface area contributed by atoms with Gasteiger partial charge in [0.15, 0.2) is 5.82 Å². The molecule has 0 unspecified atom stereocenters. The van der Waals surface area contributed by atoms with Gasteiger partial charge in [-0.15, -0.1) is 0 Å².